The molecule has 0 saturated carbocycles. The van der Waals surface area contributed by atoms with Crippen molar-refractivity contribution in [1.29, 1.82) is 0 Å². The predicted octanol–water partition coefficient (Wildman–Crippen LogP) is 2.05. The fraction of sp³-hybridized carbons (Fsp3) is 0.600. The van der Waals surface area contributed by atoms with Gasteiger partial charge >= 0.3 is 0 Å². The van der Waals surface area contributed by atoms with Crippen LogP contribution in [-0.4, -0.2) is 31.9 Å². The van der Waals surface area contributed by atoms with Crippen LogP contribution in [0.2, 0.25) is 0 Å². The summed E-state index contributed by atoms with van der Waals surface area (Å²) in [5.41, 5.74) is 7.81. The van der Waals surface area contributed by atoms with Crippen LogP contribution >= 0.6 is 0 Å². The van der Waals surface area contributed by atoms with E-state index in [0.29, 0.717) is 23.9 Å². The van der Waals surface area contributed by atoms with E-state index in [0.717, 1.165) is 24.0 Å². The minimum atomic E-state index is -3.37. The Labute approximate surface area is 122 Å². The van der Waals surface area contributed by atoms with Crippen molar-refractivity contribution in [2.75, 3.05) is 13.1 Å². The van der Waals surface area contributed by atoms with Crippen molar-refractivity contribution in [2.24, 2.45) is 11.7 Å². The smallest absolute Gasteiger partial charge is 0.243 e. The van der Waals surface area contributed by atoms with E-state index >= 15 is 0 Å². The van der Waals surface area contributed by atoms with Crippen LogP contribution < -0.4 is 5.73 Å². The second kappa shape index (κ2) is 5.84. The minimum absolute atomic E-state index is 0.140. The van der Waals surface area contributed by atoms with Gasteiger partial charge in [0.1, 0.15) is 0 Å². The van der Waals surface area contributed by atoms with Gasteiger partial charge in [-0.15, -0.1) is 0 Å². The summed E-state index contributed by atoms with van der Waals surface area (Å²) in [6.45, 7) is 6.97. The number of aryl methyl sites for hydroxylation is 2. The van der Waals surface area contributed by atoms with Crippen molar-refractivity contribution < 1.29 is 8.42 Å². The average molecular weight is 296 g/mol. The van der Waals surface area contributed by atoms with E-state index in [4.69, 9.17) is 5.73 Å². The van der Waals surface area contributed by atoms with Gasteiger partial charge in [-0.2, -0.15) is 4.31 Å². The lowest BCUT2D eigenvalue weighted by molar-refractivity contribution is 0.250. The van der Waals surface area contributed by atoms with Gasteiger partial charge in [-0.25, -0.2) is 8.42 Å². The van der Waals surface area contributed by atoms with Crippen LogP contribution in [0, 0.1) is 19.8 Å². The summed E-state index contributed by atoms with van der Waals surface area (Å²) in [6.07, 6.45) is 1.70. The highest BCUT2D eigenvalue weighted by atomic mass is 32.2. The van der Waals surface area contributed by atoms with E-state index in [1.54, 1.807) is 10.4 Å². The Morgan fingerprint density at radius 3 is 2.35 bits per heavy atom. The first kappa shape index (κ1) is 15.5. The summed E-state index contributed by atoms with van der Waals surface area (Å²) in [4.78, 5) is 0.433. The molecule has 1 heterocycles. The highest BCUT2D eigenvalue weighted by Crippen LogP contribution is 2.26. The van der Waals surface area contributed by atoms with Crippen molar-refractivity contribution in [3.63, 3.8) is 0 Å². The van der Waals surface area contributed by atoms with Crippen LogP contribution in [0.15, 0.2) is 23.1 Å². The number of sulfonamides is 1. The zero-order valence-electron chi connectivity index (χ0n) is 12.5. The Bertz CT molecular complexity index is 574. The summed E-state index contributed by atoms with van der Waals surface area (Å²) < 4.78 is 27.0. The Morgan fingerprint density at radius 2 is 1.85 bits per heavy atom. The van der Waals surface area contributed by atoms with Crippen LogP contribution in [0.25, 0.3) is 0 Å². The second-order valence-corrected chi connectivity index (χ2v) is 7.78. The third kappa shape index (κ3) is 3.05. The molecule has 0 spiro atoms. The van der Waals surface area contributed by atoms with Crippen LogP contribution in [0.4, 0.5) is 0 Å². The first-order chi connectivity index (χ1) is 9.32. The molecule has 20 heavy (non-hydrogen) atoms. The first-order valence-corrected chi connectivity index (χ1v) is 8.59. The molecule has 2 rings (SSSR count). The Hall–Kier alpha value is -0.910. The van der Waals surface area contributed by atoms with Gasteiger partial charge in [0.25, 0.3) is 0 Å². The zero-order valence-corrected chi connectivity index (χ0v) is 13.3. The lowest BCUT2D eigenvalue weighted by Gasteiger charge is -2.33. The standard InChI is InChI=1S/C15H24N2O2S/c1-11-4-5-15(12(2)10-11)20(18,19)17-8-6-14(7-9-17)13(3)16/h4-5,10,13-14H,6-9,16H2,1-3H3. The third-order valence-corrected chi connectivity index (χ3v) is 6.25. The molecule has 0 radical (unpaired) electrons. The van der Waals surface area contributed by atoms with Gasteiger partial charge in [0.15, 0.2) is 0 Å². The van der Waals surface area contributed by atoms with Gasteiger partial charge < -0.3 is 5.73 Å². The van der Waals surface area contributed by atoms with E-state index in [1.165, 1.54) is 0 Å². The molecule has 1 aliphatic rings. The topological polar surface area (TPSA) is 63.4 Å². The Kier molecular flexibility index (Phi) is 4.52. The normalized spacial score (nSPS) is 20.0. The van der Waals surface area contributed by atoms with E-state index in [2.05, 4.69) is 0 Å². The lowest BCUT2D eigenvalue weighted by atomic mass is 9.92. The van der Waals surface area contributed by atoms with Gasteiger partial charge in [-0.1, -0.05) is 17.7 Å². The molecular formula is C15H24N2O2S. The summed E-state index contributed by atoms with van der Waals surface area (Å²) in [5, 5.41) is 0. The van der Waals surface area contributed by atoms with Crippen LogP contribution in [0.1, 0.15) is 30.9 Å². The van der Waals surface area contributed by atoms with Crippen LogP contribution in [0.5, 0.6) is 0 Å². The third-order valence-electron chi connectivity index (χ3n) is 4.19. The summed E-state index contributed by atoms with van der Waals surface area (Å²) in [6, 6.07) is 5.63. The van der Waals surface area contributed by atoms with Gasteiger partial charge in [-0.3, -0.25) is 0 Å². The number of rotatable bonds is 3. The molecule has 2 N–H and O–H groups in total. The first-order valence-electron chi connectivity index (χ1n) is 7.15. The molecule has 1 unspecified atom stereocenters. The molecule has 1 fully saturated rings. The Morgan fingerprint density at radius 1 is 1.25 bits per heavy atom. The maximum Gasteiger partial charge on any atom is 0.243 e. The molecule has 5 heteroatoms. The molecular weight excluding hydrogens is 272 g/mol. The molecule has 1 saturated heterocycles. The van der Waals surface area contributed by atoms with E-state index in [1.807, 2.05) is 32.9 Å². The quantitative estimate of drug-likeness (QED) is 0.928. The van der Waals surface area contributed by atoms with E-state index in [-0.39, 0.29) is 6.04 Å². The Balaban J connectivity index is 2.20. The summed E-state index contributed by atoms with van der Waals surface area (Å²) in [7, 11) is -3.37. The summed E-state index contributed by atoms with van der Waals surface area (Å²) >= 11 is 0. The average Bonchev–Trinajstić information content (AvgIpc) is 2.38. The monoisotopic (exact) mass is 296 g/mol. The number of nitrogens with two attached hydrogens (primary N) is 1. The molecule has 0 aromatic heterocycles. The van der Waals surface area contributed by atoms with Crippen molar-refractivity contribution in [3.8, 4) is 0 Å². The lowest BCUT2D eigenvalue weighted by Crippen LogP contribution is -2.42. The maximum atomic E-state index is 12.7. The molecule has 112 valence electrons. The number of piperidine rings is 1. The fourth-order valence-electron chi connectivity index (χ4n) is 2.87. The minimum Gasteiger partial charge on any atom is -0.328 e. The second-order valence-electron chi connectivity index (χ2n) is 5.87. The highest BCUT2D eigenvalue weighted by Gasteiger charge is 2.31. The van der Waals surface area contributed by atoms with Gasteiger partial charge in [0.2, 0.25) is 10.0 Å². The molecule has 0 aliphatic carbocycles. The molecule has 1 aromatic carbocycles. The largest absolute Gasteiger partial charge is 0.328 e. The van der Waals surface area contributed by atoms with Gasteiger partial charge in [0.05, 0.1) is 4.90 Å². The molecule has 1 aliphatic heterocycles. The van der Waals surface area contributed by atoms with Crippen LogP contribution in [0.3, 0.4) is 0 Å². The fourth-order valence-corrected chi connectivity index (χ4v) is 4.55. The predicted molar refractivity (Wildman–Crippen MR) is 81.0 cm³/mol. The van der Waals surface area contributed by atoms with Crippen LogP contribution in [-0.2, 0) is 10.0 Å². The number of benzene rings is 1. The molecule has 1 aromatic rings. The molecule has 1 atom stereocenters. The van der Waals surface area contributed by atoms with E-state index in [9.17, 15) is 8.42 Å². The SMILES string of the molecule is Cc1ccc(S(=O)(=O)N2CCC(C(C)N)CC2)c(C)c1. The zero-order chi connectivity index (χ0) is 14.9. The summed E-state index contributed by atoms with van der Waals surface area (Å²) in [5.74, 6) is 0.431. The number of hydrogen-bond acceptors (Lipinski definition) is 3. The number of nitrogens with zero attached hydrogens (tertiary/aromatic N) is 1. The number of hydrogen-bond donors (Lipinski definition) is 1. The highest BCUT2D eigenvalue weighted by molar-refractivity contribution is 7.89. The van der Waals surface area contributed by atoms with E-state index < -0.39 is 10.0 Å². The van der Waals surface area contributed by atoms with Crippen molar-refractivity contribution in [2.45, 2.75) is 44.6 Å². The van der Waals surface area contributed by atoms with Gasteiger partial charge in [0, 0.05) is 19.1 Å². The van der Waals surface area contributed by atoms with Crippen molar-refractivity contribution in [1.82, 2.24) is 4.31 Å². The van der Waals surface area contributed by atoms with Gasteiger partial charge in [-0.05, 0) is 51.2 Å². The van der Waals surface area contributed by atoms with Crippen molar-refractivity contribution >= 4 is 10.0 Å². The maximum absolute atomic E-state index is 12.7. The molecule has 0 amide bonds. The molecule has 0 bridgehead atoms. The molecule has 4 nitrogen and oxygen atoms in total. The van der Waals surface area contributed by atoms with Crippen molar-refractivity contribution in [3.05, 3.63) is 29.3 Å².